The van der Waals surface area contributed by atoms with Crippen molar-refractivity contribution in [3.05, 3.63) is 34.9 Å². The summed E-state index contributed by atoms with van der Waals surface area (Å²) in [5, 5.41) is 2.76. The first-order valence-corrected chi connectivity index (χ1v) is 6.47. The van der Waals surface area contributed by atoms with E-state index in [0.717, 1.165) is 36.6 Å². The van der Waals surface area contributed by atoms with E-state index in [1.807, 2.05) is 36.3 Å². The third-order valence-electron chi connectivity index (χ3n) is 3.05. The van der Waals surface area contributed by atoms with Crippen LogP contribution in [0.2, 0.25) is 5.02 Å². The quantitative estimate of drug-likeness (QED) is 0.902. The molecule has 0 bridgehead atoms. The molecule has 0 amide bonds. The molecular weight excluding hydrogens is 236 g/mol. The molecule has 2 rings (SSSR count). The smallest absolute Gasteiger partial charge is 0.0750 e. The third-order valence-corrected chi connectivity index (χ3v) is 3.30. The molecule has 1 aromatic rings. The molecule has 1 aromatic carbocycles. The topological polar surface area (TPSA) is 38.5 Å². The van der Waals surface area contributed by atoms with E-state index in [2.05, 4.69) is 0 Å². The molecule has 94 valence electrons. The van der Waals surface area contributed by atoms with E-state index < -0.39 is 0 Å². The lowest BCUT2D eigenvalue weighted by molar-refractivity contribution is -0.211. The Hall–Kier alpha value is -0.610. The highest BCUT2D eigenvalue weighted by Crippen LogP contribution is 2.27. The van der Waals surface area contributed by atoms with Crippen LogP contribution in [0.1, 0.15) is 31.4 Å². The zero-order valence-electron chi connectivity index (χ0n) is 10.1. The van der Waals surface area contributed by atoms with Gasteiger partial charge in [0, 0.05) is 17.6 Å². The van der Waals surface area contributed by atoms with Crippen LogP contribution in [0.25, 0.3) is 0 Å². The van der Waals surface area contributed by atoms with Crippen LogP contribution in [0.3, 0.4) is 0 Å². The van der Waals surface area contributed by atoms with Crippen molar-refractivity contribution in [3.8, 4) is 0 Å². The highest BCUT2D eigenvalue weighted by Gasteiger charge is 2.26. The van der Waals surface area contributed by atoms with Gasteiger partial charge in [-0.25, -0.2) is 0 Å². The van der Waals surface area contributed by atoms with Crippen LogP contribution < -0.4 is 5.73 Å². The first-order chi connectivity index (χ1) is 8.18. The summed E-state index contributed by atoms with van der Waals surface area (Å²) in [6.07, 6.45) is 2.29. The summed E-state index contributed by atoms with van der Waals surface area (Å²) in [5.74, 6) is 0. The summed E-state index contributed by atoms with van der Waals surface area (Å²) in [5.41, 5.74) is 7.24. The molecule has 1 fully saturated rings. The summed E-state index contributed by atoms with van der Waals surface area (Å²) >= 11 is 5.91. The van der Waals surface area contributed by atoms with Gasteiger partial charge in [0.2, 0.25) is 0 Å². The Kier molecular flexibility index (Phi) is 4.40. The number of rotatable bonds is 3. The standard InChI is InChI=1S/C13H19ClN2O/c1-10(15)13(16-8-2-3-9-17-16)11-4-6-12(14)7-5-11/h4-7,10,13H,2-3,8-9,15H2,1H3. The Bertz CT molecular complexity index is 347. The van der Waals surface area contributed by atoms with Gasteiger partial charge < -0.3 is 5.73 Å². The zero-order chi connectivity index (χ0) is 12.3. The van der Waals surface area contributed by atoms with Gasteiger partial charge in [-0.15, -0.1) is 0 Å². The van der Waals surface area contributed by atoms with Gasteiger partial charge in [0.15, 0.2) is 0 Å². The zero-order valence-corrected chi connectivity index (χ0v) is 10.9. The van der Waals surface area contributed by atoms with Gasteiger partial charge in [0.25, 0.3) is 0 Å². The minimum atomic E-state index is 0.0225. The van der Waals surface area contributed by atoms with Crippen molar-refractivity contribution < 1.29 is 4.84 Å². The lowest BCUT2D eigenvalue weighted by atomic mass is 10.00. The predicted molar refractivity (Wildman–Crippen MR) is 69.7 cm³/mol. The van der Waals surface area contributed by atoms with E-state index in [1.165, 1.54) is 0 Å². The van der Waals surface area contributed by atoms with Crippen LogP contribution in [0.15, 0.2) is 24.3 Å². The van der Waals surface area contributed by atoms with E-state index in [4.69, 9.17) is 22.2 Å². The molecule has 2 N–H and O–H groups in total. The molecule has 0 aromatic heterocycles. The van der Waals surface area contributed by atoms with Crippen molar-refractivity contribution in [1.29, 1.82) is 0 Å². The average Bonchev–Trinajstić information content (AvgIpc) is 2.33. The number of benzene rings is 1. The number of hydrogen-bond donors (Lipinski definition) is 1. The summed E-state index contributed by atoms with van der Waals surface area (Å²) < 4.78 is 0. The number of nitrogens with zero attached hydrogens (tertiary/aromatic N) is 1. The van der Waals surface area contributed by atoms with E-state index in [1.54, 1.807) is 0 Å². The van der Waals surface area contributed by atoms with Crippen molar-refractivity contribution in [2.75, 3.05) is 13.2 Å². The lowest BCUT2D eigenvalue weighted by Gasteiger charge is -2.36. The van der Waals surface area contributed by atoms with Gasteiger partial charge in [-0.3, -0.25) is 4.84 Å². The van der Waals surface area contributed by atoms with Crippen molar-refractivity contribution in [2.24, 2.45) is 5.73 Å². The Balaban J connectivity index is 2.18. The van der Waals surface area contributed by atoms with Gasteiger partial charge in [-0.2, -0.15) is 5.06 Å². The molecule has 17 heavy (non-hydrogen) atoms. The van der Waals surface area contributed by atoms with Gasteiger partial charge in [0.1, 0.15) is 0 Å². The first-order valence-electron chi connectivity index (χ1n) is 6.09. The maximum Gasteiger partial charge on any atom is 0.0750 e. The second-order valence-electron chi connectivity index (χ2n) is 4.54. The number of nitrogens with two attached hydrogens (primary N) is 1. The normalized spacial score (nSPS) is 21.1. The minimum absolute atomic E-state index is 0.0225. The maximum absolute atomic E-state index is 6.08. The highest BCUT2D eigenvalue weighted by atomic mass is 35.5. The predicted octanol–water partition coefficient (Wildman–Crippen LogP) is 2.76. The van der Waals surface area contributed by atoms with Gasteiger partial charge in [-0.05, 0) is 37.5 Å². The van der Waals surface area contributed by atoms with Crippen molar-refractivity contribution >= 4 is 11.6 Å². The molecule has 1 heterocycles. The van der Waals surface area contributed by atoms with Gasteiger partial charge >= 0.3 is 0 Å². The second kappa shape index (κ2) is 5.83. The lowest BCUT2D eigenvalue weighted by Crippen LogP contribution is -2.42. The van der Waals surface area contributed by atoms with Crippen LogP contribution in [0, 0.1) is 0 Å². The second-order valence-corrected chi connectivity index (χ2v) is 4.97. The van der Waals surface area contributed by atoms with Crippen molar-refractivity contribution in [3.63, 3.8) is 0 Å². The highest BCUT2D eigenvalue weighted by molar-refractivity contribution is 6.30. The van der Waals surface area contributed by atoms with Crippen LogP contribution >= 0.6 is 11.6 Å². The minimum Gasteiger partial charge on any atom is -0.326 e. The number of halogens is 1. The molecule has 1 aliphatic rings. The van der Waals surface area contributed by atoms with Crippen LogP contribution in [0.4, 0.5) is 0 Å². The molecule has 0 aliphatic carbocycles. The van der Waals surface area contributed by atoms with Crippen LogP contribution in [0.5, 0.6) is 0 Å². The summed E-state index contributed by atoms with van der Waals surface area (Å²) in [4.78, 5) is 5.71. The first kappa shape index (κ1) is 12.8. The number of hydroxylamine groups is 2. The Morgan fingerprint density at radius 2 is 2.00 bits per heavy atom. The largest absolute Gasteiger partial charge is 0.326 e. The SMILES string of the molecule is CC(N)C(c1ccc(Cl)cc1)N1CCCCO1. The molecule has 1 saturated heterocycles. The fourth-order valence-electron chi connectivity index (χ4n) is 2.23. The van der Waals surface area contributed by atoms with Gasteiger partial charge in [-0.1, -0.05) is 23.7 Å². The molecule has 2 unspecified atom stereocenters. The van der Waals surface area contributed by atoms with Gasteiger partial charge in [0.05, 0.1) is 12.6 Å². The molecule has 0 spiro atoms. The van der Waals surface area contributed by atoms with Crippen molar-refractivity contribution in [1.82, 2.24) is 5.06 Å². The molecule has 1 aliphatic heterocycles. The van der Waals surface area contributed by atoms with Crippen LogP contribution in [-0.2, 0) is 4.84 Å². The van der Waals surface area contributed by atoms with Crippen LogP contribution in [-0.4, -0.2) is 24.3 Å². The molecular formula is C13H19ClN2O. The molecule has 0 saturated carbocycles. The van der Waals surface area contributed by atoms with E-state index in [-0.39, 0.29) is 12.1 Å². The Morgan fingerprint density at radius 1 is 1.29 bits per heavy atom. The summed E-state index contributed by atoms with van der Waals surface area (Å²) in [7, 11) is 0. The fourth-order valence-corrected chi connectivity index (χ4v) is 2.35. The number of hydrogen-bond acceptors (Lipinski definition) is 3. The summed E-state index contributed by atoms with van der Waals surface area (Å²) in [6, 6.07) is 7.97. The monoisotopic (exact) mass is 254 g/mol. The summed E-state index contributed by atoms with van der Waals surface area (Å²) in [6.45, 7) is 3.74. The molecule has 0 radical (unpaired) electrons. The fraction of sp³-hybridized carbons (Fsp3) is 0.538. The van der Waals surface area contributed by atoms with Crippen molar-refractivity contribution in [2.45, 2.75) is 31.8 Å². The Labute approximate surface area is 107 Å². The Morgan fingerprint density at radius 3 is 2.53 bits per heavy atom. The molecule has 4 heteroatoms. The third kappa shape index (κ3) is 3.19. The van der Waals surface area contributed by atoms with E-state index in [0.29, 0.717) is 0 Å². The van der Waals surface area contributed by atoms with E-state index in [9.17, 15) is 0 Å². The molecule has 3 nitrogen and oxygen atoms in total. The molecule has 2 atom stereocenters. The average molecular weight is 255 g/mol. The maximum atomic E-state index is 6.08. The van der Waals surface area contributed by atoms with E-state index >= 15 is 0 Å².